The summed E-state index contributed by atoms with van der Waals surface area (Å²) in [6, 6.07) is 11.3. The first kappa shape index (κ1) is 21.9. The Labute approximate surface area is 176 Å². The van der Waals surface area contributed by atoms with Crippen molar-refractivity contribution in [3.63, 3.8) is 0 Å². The van der Waals surface area contributed by atoms with Gasteiger partial charge in [-0.05, 0) is 30.7 Å². The van der Waals surface area contributed by atoms with Crippen molar-refractivity contribution in [3.8, 4) is 0 Å². The molecule has 1 atom stereocenters. The number of ether oxygens (including phenoxy) is 2. The maximum absolute atomic E-state index is 12.6. The van der Waals surface area contributed by atoms with Crippen molar-refractivity contribution in [3.05, 3.63) is 54.0 Å². The number of rotatable bonds is 9. The largest absolute Gasteiger partial charge is 0.467 e. The summed E-state index contributed by atoms with van der Waals surface area (Å²) in [4.78, 5) is 28.0. The average Bonchev–Trinajstić information content (AvgIpc) is 3.23. The van der Waals surface area contributed by atoms with E-state index in [4.69, 9.17) is 13.9 Å². The van der Waals surface area contributed by atoms with Gasteiger partial charge in [-0.2, -0.15) is 0 Å². The van der Waals surface area contributed by atoms with Crippen LogP contribution in [0.5, 0.6) is 0 Å². The number of carbonyl (C=O) groups is 2. The number of hydrogen-bond acceptors (Lipinski definition) is 7. The molecule has 0 aliphatic carbocycles. The molecule has 1 aromatic carbocycles. The smallest absolute Gasteiger partial charge is 0.325 e. The summed E-state index contributed by atoms with van der Waals surface area (Å²) in [7, 11) is 0. The molecule has 8 heteroatoms. The fourth-order valence-electron chi connectivity index (χ4n) is 3.45. The second-order valence-corrected chi connectivity index (χ2v) is 7.13. The number of fused-ring (bicyclic) bond motifs is 1. The number of para-hydroxylation sites is 1. The summed E-state index contributed by atoms with van der Waals surface area (Å²) in [5, 5.41) is 10.5. The molecule has 1 aliphatic rings. The van der Waals surface area contributed by atoms with Crippen molar-refractivity contribution < 1.29 is 28.6 Å². The van der Waals surface area contributed by atoms with E-state index in [1.165, 1.54) is 4.90 Å². The molecule has 8 nitrogen and oxygen atoms in total. The van der Waals surface area contributed by atoms with Crippen molar-refractivity contribution in [2.24, 2.45) is 0 Å². The zero-order valence-electron chi connectivity index (χ0n) is 17.2. The van der Waals surface area contributed by atoms with Crippen molar-refractivity contribution in [1.29, 1.82) is 0 Å². The number of hydrogen-bond donors (Lipinski definition) is 1. The van der Waals surface area contributed by atoms with E-state index >= 15 is 0 Å². The Bertz CT molecular complexity index is 823. The van der Waals surface area contributed by atoms with Crippen LogP contribution in [-0.2, 0) is 32.2 Å². The minimum atomic E-state index is -0.724. The van der Waals surface area contributed by atoms with E-state index in [0.29, 0.717) is 32.0 Å². The van der Waals surface area contributed by atoms with Gasteiger partial charge in [-0.25, -0.2) is 0 Å². The zero-order chi connectivity index (χ0) is 21.3. The highest BCUT2D eigenvalue weighted by Gasteiger charge is 2.25. The molecule has 162 valence electrons. The molecule has 0 spiro atoms. The van der Waals surface area contributed by atoms with Gasteiger partial charge in [0.15, 0.2) is 0 Å². The third-order valence-corrected chi connectivity index (χ3v) is 4.83. The number of esters is 1. The Balaban J connectivity index is 1.64. The van der Waals surface area contributed by atoms with Crippen molar-refractivity contribution >= 4 is 17.6 Å². The molecule has 30 heavy (non-hydrogen) atoms. The van der Waals surface area contributed by atoms with E-state index in [0.717, 1.165) is 11.3 Å². The number of aliphatic hydroxyl groups excluding tert-OH is 1. The van der Waals surface area contributed by atoms with Crippen LogP contribution in [-0.4, -0.2) is 60.8 Å². The summed E-state index contributed by atoms with van der Waals surface area (Å²) < 4.78 is 15.7. The Morgan fingerprint density at radius 2 is 2.07 bits per heavy atom. The van der Waals surface area contributed by atoms with Crippen LogP contribution in [0.1, 0.15) is 24.7 Å². The van der Waals surface area contributed by atoms with Gasteiger partial charge in [0.25, 0.3) is 0 Å². The standard InChI is InChI=1S/C22H28N2O6/c1-2-29-22(27)14-24-12-17-6-3-4-8-20(17)23(10-9-21(24)26)13-18(25)15-28-16-19-7-5-11-30-19/h3-8,11,18,25H,2,9-10,12-16H2,1H3. The molecule has 1 aliphatic heterocycles. The van der Waals surface area contributed by atoms with E-state index < -0.39 is 12.1 Å². The lowest BCUT2D eigenvalue weighted by Gasteiger charge is -2.34. The highest BCUT2D eigenvalue weighted by Crippen LogP contribution is 2.25. The average molecular weight is 416 g/mol. The molecule has 3 rings (SSSR count). The maximum Gasteiger partial charge on any atom is 0.325 e. The minimum absolute atomic E-state index is 0.0652. The lowest BCUT2D eigenvalue weighted by Crippen LogP contribution is -2.43. The van der Waals surface area contributed by atoms with E-state index in [9.17, 15) is 14.7 Å². The summed E-state index contributed by atoms with van der Waals surface area (Å²) in [5.74, 6) is 0.169. The van der Waals surface area contributed by atoms with Gasteiger partial charge in [-0.15, -0.1) is 0 Å². The number of aliphatic hydroxyl groups is 1. The van der Waals surface area contributed by atoms with Crippen LogP contribution in [0.2, 0.25) is 0 Å². The van der Waals surface area contributed by atoms with Crippen molar-refractivity contribution in [2.45, 2.75) is 32.6 Å². The van der Waals surface area contributed by atoms with Crippen LogP contribution < -0.4 is 4.90 Å². The number of benzene rings is 1. The van der Waals surface area contributed by atoms with Crippen molar-refractivity contribution in [2.75, 3.05) is 37.7 Å². The quantitative estimate of drug-likeness (QED) is 0.625. The van der Waals surface area contributed by atoms with Gasteiger partial charge in [-0.3, -0.25) is 9.59 Å². The topological polar surface area (TPSA) is 92.5 Å². The van der Waals surface area contributed by atoms with Gasteiger partial charge in [0, 0.05) is 31.7 Å². The Morgan fingerprint density at radius 1 is 1.23 bits per heavy atom. The summed E-state index contributed by atoms with van der Waals surface area (Å²) in [5.41, 5.74) is 1.85. The van der Waals surface area contributed by atoms with Gasteiger partial charge in [-0.1, -0.05) is 18.2 Å². The molecule has 1 aromatic heterocycles. The number of furan rings is 1. The summed E-state index contributed by atoms with van der Waals surface area (Å²) in [6.07, 6.45) is 1.10. The molecule has 0 bridgehead atoms. The minimum Gasteiger partial charge on any atom is -0.467 e. The van der Waals surface area contributed by atoms with Gasteiger partial charge >= 0.3 is 5.97 Å². The Morgan fingerprint density at radius 3 is 2.83 bits per heavy atom. The number of nitrogens with zero attached hydrogens (tertiary/aromatic N) is 2. The van der Waals surface area contributed by atoms with E-state index in [-0.39, 0.29) is 32.1 Å². The first-order valence-corrected chi connectivity index (χ1v) is 10.1. The normalized spacial score (nSPS) is 15.3. The summed E-state index contributed by atoms with van der Waals surface area (Å²) >= 11 is 0. The van der Waals surface area contributed by atoms with Gasteiger partial charge in [0.1, 0.15) is 18.9 Å². The summed E-state index contributed by atoms with van der Waals surface area (Å²) in [6.45, 7) is 3.49. The molecule has 0 saturated carbocycles. The molecule has 0 fully saturated rings. The number of β-amino-alcohol motifs (C(OH)–C–C–N with tert-alkyl or cyclic N) is 1. The fourth-order valence-corrected chi connectivity index (χ4v) is 3.45. The van der Waals surface area contributed by atoms with E-state index in [2.05, 4.69) is 0 Å². The lowest BCUT2D eigenvalue weighted by atomic mass is 10.1. The van der Waals surface area contributed by atoms with Crippen LogP contribution in [0.3, 0.4) is 0 Å². The molecule has 2 aromatic rings. The number of anilines is 1. The first-order chi connectivity index (χ1) is 14.6. The van der Waals surface area contributed by atoms with Crippen molar-refractivity contribution in [1.82, 2.24) is 4.90 Å². The third kappa shape index (κ3) is 6.08. The molecule has 1 unspecified atom stereocenters. The maximum atomic E-state index is 12.6. The fraction of sp³-hybridized carbons (Fsp3) is 0.455. The van der Waals surface area contributed by atoms with Gasteiger partial charge < -0.3 is 28.8 Å². The molecule has 2 heterocycles. The Kier molecular flexibility index (Phi) is 7.87. The van der Waals surface area contributed by atoms with Crippen LogP contribution in [0.4, 0.5) is 5.69 Å². The highest BCUT2D eigenvalue weighted by molar-refractivity contribution is 5.83. The zero-order valence-corrected chi connectivity index (χ0v) is 17.2. The number of carbonyl (C=O) groups excluding carboxylic acids is 2. The second-order valence-electron chi connectivity index (χ2n) is 7.13. The SMILES string of the molecule is CCOC(=O)CN1Cc2ccccc2N(CC(O)COCc2ccco2)CCC1=O. The molecule has 1 amide bonds. The monoisotopic (exact) mass is 416 g/mol. The third-order valence-electron chi connectivity index (χ3n) is 4.83. The predicted molar refractivity (Wildman–Crippen MR) is 110 cm³/mol. The van der Waals surface area contributed by atoms with Gasteiger partial charge in [0.05, 0.1) is 25.6 Å². The van der Waals surface area contributed by atoms with Crippen LogP contribution >= 0.6 is 0 Å². The molecular formula is C22H28N2O6. The first-order valence-electron chi connectivity index (χ1n) is 10.1. The molecule has 0 saturated heterocycles. The Hall–Kier alpha value is -2.84. The van der Waals surface area contributed by atoms with E-state index in [1.54, 1.807) is 19.3 Å². The van der Waals surface area contributed by atoms with E-state index in [1.807, 2.05) is 35.2 Å². The van der Waals surface area contributed by atoms with Crippen LogP contribution in [0.15, 0.2) is 47.1 Å². The highest BCUT2D eigenvalue weighted by atomic mass is 16.5. The molecular weight excluding hydrogens is 388 g/mol. The van der Waals surface area contributed by atoms with Crippen LogP contribution in [0.25, 0.3) is 0 Å². The van der Waals surface area contributed by atoms with Crippen LogP contribution in [0, 0.1) is 0 Å². The molecule has 1 N–H and O–H groups in total. The lowest BCUT2D eigenvalue weighted by molar-refractivity contribution is -0.149. The van der Waals surface area contributed by atoms with Gasteiger partial charge in [0.2, 0.25) is 5.91 Å². The second kappa shape index (κ2) is 10.8. The predicted octanol–water partition coefficient (Wildman–Crippen LogP) is 1.96. The number of amides is 1. The molecule has 0 radical (unpaired) electrons.